The summed E-state index contributed by atoms with van der Waals surface area (Å²) < 4.78 is 0. The second kappa shape index (κ2) is 5.27. The Labute approximate surface area is 105 Å². The van der Waals surface area contributed by atoms with Gasteiger partial charge >= 0.3 is 0 Å². The maximum Gasteiger partial charge on any atom is 0.279 e. The first kappa shape index (κ1) is 12.7. The van der Waals surface area contributed by atoms with Crippen molar-refractivity contribution >= 4 is 22.9 Å². The predicted molar refractivity (Wildman–Crippen MR) is 65.8 cm³/mol. The Kier molecular flexibility index (Phi) is 3.93. The summed E-state index contributed by atoms with van der Waals surface area (Å²) in [4.78, 5) is 23.0. The number of aliphatic hydroxyl groups excluding tert-OH is 1. The van der Waals surface area contributed by atoms with E-state index >= 15 is 0 Å². The molecule has 5 nitrogen and oxygen atoms in total. The van der Waals surface area contributed by atoms with Gasteiger partial charge in [0.15, 0.2) is 0 Å². The molecule has 96 valence electrons. The van der Waals surface area contributed by atoms with Crippen LogP contribution in [0.1, 0.15) is 32.1 Å². The van der Waals surface area contributed by atoms with Crippen LogP contribution in [0.3, 0.4) is 0 Å². The van der Waals surface area contributed by atoms with Gasteiger partial charge < -0.3 is 15.7 Å². The highest BCUT2D eigenvalue weighted by atomic mass is 32.2. The van der Waals surface area contributed by atoms with Crippen LogP contribution in [-0.4, -0.2) is 40.2 Å². The quantitative estimate of drug-likeness (QED) is 0.693. The molecule has 3 N–H and O–H groups in total. The standard InChI is InChI=1S/C11H18N2O3S/c14-7-11(4-2-1-3-5-11)13-9(15)8-6-17-10(16)12-8/h8,14H,1-7H2,(H,12,16)(H,13,15). The van der Waals surface area contributed by atoms with Crippen LogP contribution in [0.4, 0.5) is 4.79 Å². The molecule has 1 aliphatic heterocycles. The van der Waals surface area contributed by atoms with Crippen LogP contribution in [0.2, 0.25) is 0 Å². The second-order valence-corrected chi connectivity index (χ2v) is 5.78. The van der Waals surface area contributed by atoms with Crippen molar-refractivity contribution in [2.75, 3.05) is 12.4 Å². The van der Waals surface area contributed by atoms with Crippen molar-refractivity contribution in [3.63, 3.8) is 0 Å². The Morgan fingerprint density at radius 1 is 1.47 bits per heavy atom. The van der Waals surface area contributed by atoms with Crippen LogP contribution < -0.4 is 10.6 Å². The van der Waals surface area contributed by atoms with Crippen molar-refractivity contribution in [1.82, 2.24) is 10.6 Å². The van der Waals surface area contributed by atoms with E-state index in [0.717, 1.165) is 43.9 Å². The Morgan fingerprint density at radius 3 is 2.71 bits per heavy atom. The van der Waals surface area contributed by atoms with E-state index in [9.17, 15) is 14.7 Å². The largest absolute Gasteiger partial charge is 0.394 e. The molecule has 2 fully saturated rings. The SMILES string of the molecule is O=C1NC(C(=O)NC2(CO)CCCCC2)CS1. The van der Waals surface area contributed by atoms with Crippen molar-refractivity contribution in [2.45, 2.75) is 43.7 Å². The van der Waals surface area contributed by atoms with E-state index in [2.05, 4.69) is 10.6 Å². The summed E-state index contributed by atoms with van der Waals surface area (Å²) in [6.45, 7) is -0.0213. The van der Waals surface area contributed by atoms with E-state index < -0.39 is 11.6 Å². The van der Waals surface area contributed by atoms with E-state index in [1.807, 2.05) is 0 Å². The van der Waals surface area contributed by atoms with Gasteiger partial charge in [-0.2, -0.15) is 0 Å². The average molecular weight is 258 g/mol. The predicted octanol–water partition coefficient (Wildman–Crippen LogP) is 0.623. The monoisotopic (exact) mass is 258 g/mol. The smallest absolute Gasteiger partial charge is 0.279 e. The molecule has 17 heavy (non-hydrogen) atoms. The zero-order chi connectivity index (χ0) is 12.3. The van der Waals surface area contributed by atoms with Crippen molar-refractivity contribution in [3.05, 3.63) is 0 Å². The fourth-order valence-corrected chi connectivity index (χ4v) is 3.20. The molecule has 0 aromatic rings. The lowest BCUT2D eigenvalue weighted by atomic mass is 9.82. The molecule has 0 aromatic carbocycles. The van der Waals surface area contributed by atoms with Gasteiger partial charge in [-0.15, -0.1) is 0 Å². The molecule has 2 aliphatic rings. The zero-order valence-electron chi connectivity index (χ0n) is 9.70. The van der Waals surface area contributed by atoms with Gasteiger partial charge in [0.1, 0.15) is 6.04 Å². The molecule has 6 heteroatoms. The first-order chi connectivity index (χ1) is 8.15. The van der Waals surface area contributed by atoms with E-state index in [4.69, 9.17) is 0 Å². The van der Waals surface area contributed by atoms with Crippen LogP contribution in [-0.2, 0) is 4.79 Å². The van der Waals surface area contributed by atoms with Gasteiger partial charge in [-0.25, -0.2) is 0 Å². The first-order valence-electron chi connectivity index (χ1n) is 6.01. The maximum absolute atomic E-state index is 12.0. The minimum Gasteiger partial charge on any atom is -0.394 e. The summed E-state index contributed by atoms with van der Waals surface area (Å²) in [6.07, 6.45) is 4.87. The molecule has 2 amide bonds. The lowest BCUT2D eigenvalue weighted by Crippen LogP contribution is -2.57. The summed E-state index contributed by atoms with van der Waals surface area (Å²) in [7, 11) is 0. The third kappa shape index (κ3) is 2.93. The molecule has 0 radical (unpaired) electrons. The minimum absolute atomic E-state index is 0.0213. The van der Waals surface area contributed by atoms with Crippen molar-refractivity contribution in [2.24, 2.45) is 0 Å². The number of hydrogen-bond acceptors (Lipinski definition) is 4. The van der Waals surface area contributed by atoms with Crippen LogP contribution in [0.25, 0.3) is 0 Å². The number of amides is 2. The van der Waals surface area contributed by atoms with Crippen LogP contribution >= 0.6 is 11.8 Å². The fourth-order valence-electron chi connectivity index (χ4n) is 2.43. The first-order valence-corrected chi connectivity index (χ1v) is 7.00. The number of carbonyl (C=O) groups is 2. The summed E-state index contributed by atoms with van der Waals surface area (Å²) >= 11 is 1.13. The fraction of sp³-hybridized carbons (Fsp3) is 0.818. The number of rotatable bonds is 3. The van der Waals surface area contributed by atoms with E-state index in [1.165, 1.54) is 0 Å². The van der Waals surface area contributed by atoms with Crippen molar-refractivity contribution < 1.29 is 14.7 Å². The van der Waals surface area contributed by atoms with Gasteiger partial charge in [-0.05, 0) is 12.8 Å². The maximum atomic E-state index is 12.0. The molecule has 1 atom stereocenters. The second-order valence-electron chi connectivity index (χ2n) is 4.78. The van der Waals surface area contributed by atoms with Gasteiger partial charge in [0.25, 0.3) is 5.24 Å². The number of thioether (sulfide) groups is 1. The van der Waals surface area contributed by atoms with Crippen LogP contribution in [0.5, 0.6) is 0 Å². The summed E-state index contributed by atoms with van der Waals surface area (Å²) in [5.41, 5.74) is -0.465. The number of aliphatic hydroxyl groups is 1. The lowest BCUT2D eigenvalue weighted by Gasteiger charge is -2.37. The molecule has 1 saturated carbocycles. The number of nitrogens with one attached hydrogen (secondary N) is 2. The molecule has 0 aromatic heterocycles. The highest BCUT2D eigenvalue weighted by molar-refractivity contribution is 8.14. The van der Waals surface area contributed by atoms with Crippen LogP contribution in [0, 0.1) is 0 Å². The molecule has 2 rings (SSSR count). The van der Waals surface area contributed by atoms with E-state index in [-0.39, 0.29) is 17.8 Å². The number of carbonyl (C=O) groups excluding carboxylic acids is 2. The lowest BCUT2D eigenvalue weighted by molar-refractivity contribution is -0.125. The van der Waals surface area contributed by atoms with Gasteiger partial charge in [0.05, 0.1) is 12.1 Å². The molecule has 1 saturated heterocycles. The molecule has 1 aliphatic carbocycles. The van der Waals surface area contributed by atoms with Crippen molar-refractivity contribution in [1.29, 1.82) is 0 Å². The van der Waals surface area contributed by atoms with Gasteiger partial charge in [-0.1, -0.05) is 31.0 Å². The molecule has 1 heterocycles. The summed E-state index contributed by atoms with van der Waals surface area (Å²) in [5, 5.41) is 14.9. The molecule has 1 unspecified atom stereocenters. The summed E-state index contributed by atoms with van der Waals surface area (Å²) in [6, 6.07) is -0.446. The molecule has 0 bridgehead atoms. The van der Waals surface area contributed by atoms with Gasteiger partial charge in [0, 0.05) is 5.75 Å². The third-order valence-corrected chi connectivity index (χ3v) is 4.37. The normalized spacial score (nSPS) is 27.6. The highest BCUT2D eigenvalue weighted by Crippen LogP contribution is 2.28. The van der Waals surface area contributed by atoms with Crippen molar-refractivity contribution in [3.8, 4) is 0 Å². The molecular weight excluding hydrogens is 240 g/mol. The minimum atomic E-state index is -0.465. The number of hydrogen-bond donors (Lipinski definition) is 3. The van der Waals surface area contributed by atoms with E-state index in [0.29, 0.717) is 5.75 Å². The Balaban J connectivity index is 1.93. The van der Waals surface area contributed by atoms with Gasteiger partial charge in [-0.3, -0.25) is 9.59 Å². The Hall–Kier alpha value is -0.750. The topological polar surface area (TPSA) is 78.4 Å². The average Bonchev–Trinajstić information content (AvgIpc) is 2.77. The van der Waals surface area contributed by atoms with Crippen LogP contribution in [0.15, 0.2) is 0 Å². The Morgan fingerprint density at radius 2 is 2.18 bits per heavy atom. The van der Waals surface area contributed by atoms with Gasteiger partial charge in [0.2, 0.25) is 5.91 Å². The Bertz CT molecular complexity index is 316. The summed E-state index contributed by atoms with van der Waals surface area (Å²) in [5.74, 6) is 0.311. The zero-order valence-corrected chi connectivity index (χ0v) is 10.5. The highest BCUT2D eigenvalue weighted by Gasteiger charge is 2.36. The molecule has 0 spiro atoms. The molecular formula is C11H18N2O3S. The third-order valence-electron chi connectivity index (χ3n) is 3.49. The van der Waals surface area contributed by atoms with E-state index in [1.54, 1.807) is 0 Å².